The van der Waals surface area contributed by atoms with Gasteiger partial charge in [-0.05, 0) is 18.3 Å². The van der Waals surface area contributed by atoms with Gasteiger partial charge in [0.05, 0.1) is 0 Å². The van der Waals surface area contributed by atoms with Gasteiger partial charge >= 0.3 is 6.18 Å². The van der Waals surface area contributed by atoms with Crippen LogP contribution in [-0.4, -0.2) is 17.4 Å². The topological polar surface area (TPSA) is 20.2 Å². The SMILES string of the molecule is CC1CC1C(O)C(F)(F)F. The van der Waals surface area contributed by atoms with Crippen molar-refractivity contribution in [3.05, 3.63) is 0 Å². The third-order valence-corrected chi connectivity index (χ3v) is 1.91. The lowest BCUT2D eigenvalue weighted by molar-refractivity contribution is -0.210. The number of aliphatic hydroxyl groups is 1. The fourth-order valence-electron chi connectivity index (χ4n) is 1.03. The van der Waals surface area contributed by atoms with Crippen molar-refractivity contribution in [3.8, 4) is 0 Å². The quantitative estimate of drug-likeness (QED) is 0.607. The summed E-state index contributed by atoms with van der Waals surface area (Å²) in [7, 11) is 0. The Bertz CT molecular complexity index is 131. The molecule has 0 spiro atoms. The molecule has 10 heavy (non-hydrogen) atoms. The van der Waals surface area contributed by atoms with Gasteiger partial charge in [0.15, 0.2) is 6.10 Å². The Balaban J connectivity index is 2.42. The van der Waals surface area contributed by atoms with E-state index in [2.05, 4.69) is 0 Å². The second-order valence-electron chi connectivity index (χ2n) is 2.86. The van der Waals surface area contributed by atoms with E-state index in [0.29, 0.717) is 6.42 Å². The normalized spacial score (nSPS) is 35.7. The molecular formula is C6H9F3O. The van der Waals surface area contributed by atoms with Gasteiger partial charge < -0.3 is 5.11 Å². The Morgan fingerprint density at radius 2 is 1.90 bits per heavy atom. The molecule has 1 aliphatic rings. The van der Waals surface area contributed by atoms with E-state index in [1.807, 2.05) is 0 Å². The highest BCUT2D eigenvalue weighted by molar-refractivity contribution is 4.91. The van der Waals surface area contributed by atoms with E-state index < -0.39 is 18.2 Å². The van der Waals surface area contributed by atoms with Crippen molar-refractivity contribution >= 4 is 0 Å². The average molecular weight is 154 g/mol. The van der Waals surface area contributed by atoms with Gasteiger partial charge in [-0.25, -0.2) is 0 Å². The Hall–Kier alpha value is -0.250. The van der Waals surface area contributed by atoms with Gasteiger partial charge in [-0.1, -0.05) is 6.92 Å². The van der Waals surface area contributed by atoms with Crippen LogP contribution in [0.2, 0.25) is 0 Å². The third-order valence-electron chi connectivity index (χ3n) is 1.91. The molecule has 0 aliphatic heterocycles. The Labute approximate surface area is 56.8 Å². The van der Waals surface area contributed by atoms with E-state index in [9.17, 15) is 13.2 Å². The molecule has 0 aromatic heterocycles. The van der Waals surface area contributed by atoms with Crippen LogP contribution < -0.4 is 0 Å². The van der Waals surface area contributed by atoms with Crippen LogP contribution in [0.1, 0.15) is 13.3 Å². The summed E-state index contributed by atoms with van der Waals surface area (Å²) in [6.07, 6.45) is -6.02. The maximum absolute atomic E-state index is 11.7. The minimum absolute atomic E-state index is 0.0385. The van der Waals surface area contributed by atoms with Crippen molar-refractivity contribution in [1.29, 1.82) is 0 Å². The molecule has 0 amide bonds. The van der Waals surface area contributed by atoms with E-state index in [-0.39, 0.29) is 5.92 Å². The summed E-state index contributed by atoms with van der Waals surface area (Å²) in [4.78, 5) is 0. The van der Waals surface area contributed by atoms with Gasteiger partial charge in [-0.3, -0.25) is 0 Å². The second-order valence-corrected chi connectivity index (χ2v) is 2.86. The van der Waals surface area contributed by atoms with Crippen LogP contribution in [0.15, 0.2) is 0 Å². The van der Waals surface area contributed by atoms with Crippen LogP contribution in [0.4, 0.5) is 13.2 Å². The highest BCUT2D eigenvalue weighted by atomic mass is 19.4. The Morgan fingerprint density at radius 3 is 2.00 bits per heavy atom. The molecule has 4 heteroatoms. The molecule has 0 saturated heterocycles. The molecule has 0 aromatic carbocycles. The molecule has 1 rings (SSSR count). The largest absolute Gasteiger partial charge is 0.414 e. The minimum atomic E-state index is -4.42. The molecule has 3 atom stereocenters. The molecule has 3 unspecified atom stereocenters. The van der Waals surface area contributed by atoms with E-state index in [0.717, 1.165) is 0 Å². The number of alkyl halides is 3. The smallest absolute Gasteiger partial charge is 0.383 e. The molecule has 1 nitrogen and oxygen atoms in total. The lowest BCUT2D eigenvalue weighted by Crippen LogP contribution is -2.30. The molecular weight excluding hydrogens is 145 g/mol. The molecule has 0 bridgehead atoms. The van der Waals surface area contributed by atoms with Crippen LogP contribution in [-0.2, 0) is 0 Å². The number of rotatable bonds is 1. The minimum Gasteiger partial charge on any atom is -0.383 e. The fourth-order valence-corrected chi connectivity index (χ4v) is 1.03. The van der Waals surface area contributed by atoms with Gasteiger partial charge in [-0.2, -0.15) is 13.2 Å². The van der Waals surface area contributed by atoms with Crippen LogP contribution >= 0.6 is 0 Å². The highest BCUT2D eigenvalue weighted by Crippen LogP contribution is 2.45. The maximum atomic E-state index is 11.7. The van der Waals surface area contributed by atoms with E-state index in [4.69, 9.17) is 5.11 Å². The predicted molar refractivity (Wildman–Crippen MR) is 29.3 cm³/mol. The van der Waals surface area contributed by atoms with E-state index in [1.165, 1.54) is 0 Å². The lowest BCUT2D eigenvalue weighted by atomic mass is 10.2. The van der Waals surface area contributed by atoms with Crippen molar-refractivity contribution in [2.45, 2.75) is 25.6 Å². The maximum Gasteiger partial charge on any atom is 0.414 e. The summed E-state index contributed by atoms with van der Waals surface area (Å²) >= 11 is 0. The molecule has 1 aliphatic carbocycles. The van der Waals surface area contributed by atoms with Crippen molar-refractivity contribution in [3.63, 3.8) is 0 Å². The van der Waals surface area contributed by atoms with Crippen LogP contribution in [0.3, 0.4) is 0 Å². The standard InChI is InChI=1S/C6H9F3O/c1-3-2-4(3)5(10)6(7,8)9/h3-5,10H,2H2,1H3. The van der Waals surface area contributed by atoms with Gasteiger partial charge in [0.1, 0.15) is 0 Å². The first-order valence-corrected chi connectivity index (χ1v) is 3.17. The Kier molecular flexibility index (Phi) is 1.66. The zero-order valence-electron chi connectivity index (χ0n) is 5.52. The zero-order chi connectivity index (χ0) is 7.94. The number of hydrogen-bond donors (Lipinski definition) is 1. The second kappa shape index (κ2) is 2.12. The summed E-state index contributed by atoms with van der Waals surface area (Å²) in [5.41, 5.74) is 0. The molecule has 0 radical (unpaired) electrons. The van der Waals surface area contributed by atoms with Crippen LogP contribution in [0, 0.1) is 11.8 Å². The third kappa shape index (κ3) is 1.42. The molecule has 1 saturated carbocycles. The number of hydrogen-bond acceptors (Lipinski definition) is 1. The summed E-state index contributed by atoms with van der Waals surface area (Å²) in [5, 5.41) is 8.57. The van der Waals surface area contributed by atoms with Gasteiger partial charge in [-0.15, -0.1) is 0 Å². The van der Waals surface area contributed by atoms with Gasteiger partial charge in [0.25, 0.3) is 0 Å². The van der Waals surface area contributed by atoms with E-state index in [1.54, 1.807) is 6.92 Å². The fraction of sp³-hybridized carbons (Fsp3) is 1.00. The summed E-state index contributed by atoms with van der Waals surface area (Å²) in [6, 6.07) is 0. The molecule has 60 valence electrons. The summed E-state index contributed by atoms with van der Waals surface area (Å²) < 4.78 is 35.0. The van der Waals surface area contributed by atoms with Crippen LogP contribution in [0.25, 0.3) is 0 Å². The lowest BCUT2D eigenvalue weighted by Gasteiger charge is -2.12. The van der Waals surface area contributed by atoms with Gasteiger partial charge in [0.2, 0.25) is 0 Å². The van der Waals surface area contributed by atoms with Gasteiger partial charge in [0, 0.05) is 0 Å². The number of aliphatic hydroxyl groups excluding tert-OH is 1. The van der Waals surface area contributed by atoms with Crippen LogP contribution in [0.5, 0.6) is 0 Å². The first-order chi connectivity index (χ1) is 4.43. The summed E-state index contributed by atoms with van der Waals surface area (Å²) in [5.74, 6) is -0.503. The monoisotopic (exact) mass is 154 g/mol. The van der Waals surface area contributed by atoms with E-state index >= 15 is 0 Å². The van der Waals surface area contributed by atoms with Crippen molar-refractivity contribution in [1.82, 2.24) is 0 Å². The Morgan fingerprint density at radius 1 is 1.50 bits per heavy atom. The molecule has 0 aromatic rings. The molecule has 1 N–H and O–H groups in total. The van der Waals surface area contributed by atoms with Crippen molar-refractivity contribution < 1.29 is 18.3 Å². The zero-order valence-corrected chi connectivity index (χ0v) is 5.52. The predicted octanol–water partition coefficient (Wildman–Crippen LogP) is 1.57. The van der Waals surface area contributed by atoms with Crippen molar-refractivity contribution in [2.24, 2.45) is 11.8 Å². The molecule has 1 fully saturated rings. The highest BCUT2D eigenvalue weighted by Gasteiger charge is 2.51. The first-order valence-electron chi connectivity index (χ1n) is 3.17. The average Bonchev–Trinajstić information content (AvgIpc) is 2.42. The number of halogens is 3. The first kappa shape index (κ1) is 7.85. The summed E-state index contributed by atoms with van der Waals surface area (Å²) in [6.45, 7) is 1.71. The van der Waals surface area contributed by atoms with Crippen molar-refractivity contribution in [2.75, 3.05) is 0 Å². The molecule has 0 heterocycles.